The van der Waals surface area contributed by atoms with E-state index in [9.17, 15) is 18.7 Å². The minimum absolute atomic E-state index is 0.105. The highest BCUT2D eigenvalue weighted by molar-refractivity contribution is 7.53. The molecule has 0 aromatic heterocycles. The topological polar surface area (TPSA) is 269 Å². The van der Waals surface area contributed by atoms with E-state index in [0.29, 0.717) is 38.0 Å². The van der Waals surface area contributed by atoms with Crippen molar-refractivity contribution in [3.8, 4) is 0 Å². The van der Waals surface area contributed by atoms with Crippen LogP contribution in [0.15, 0.2) is 54.3 Å². The number of aliphatic imine (C=N–C) groups is 6. The van der Waals surface area contributed by atoms with E-state index in [1.54, 1.807) is 31.4 Å². The largest absolute Gasteiger partial charge is 0.449 e. The van der Waals surface area contributed by atoms with Crippen molar-refractivity contribution >= 4 is 64.4 Å². The number of nitrogens with one attached hydrogen (secondary N) is 2. The standard InChI is InChI=1S/C31H56N5O6P.C27H48N5O6P/c1-4-7-8-9-10-11-12-13-14-15-16-17-18-19-20-21-23-40-31(37)35-29-28-30(33-25-32-29)36(26-34-28)22-24-39-27-43(38,41-5-2)42-6-3;1-2-3-4-5-6-7-8-9-10-11-12-13-14-15-16-17-19-38-27(33)31-25-24-26(29-21-28-25)32(22-30-24)18-20-37-23-39(34,35)36/h13-14,25-26,28,30H,4-12,15-24,27H2,1-3H3,(H,32,33,35,37);9-10,21-22,24,26H,2-8,11-20,23H2,1H3,(H2,34,35,36)(H,28,29,31,33)/b14-13-;10-9-. The summed E-state index contributed by atoms with van der Waals surface area (Å²) in [6.45, 7) is 10.5. The van der Waals surface area contributed by atoms with Crippen molar-refractivity contribution in [3.05, 3.63) is 24.3 Å². The molecule has 0 fully saturated rings. The third kappa shape index (κ3) is 34.0. The van der Waals surface area contributed by atoms with E-state index in [0.717, 1.165) is 38.5 Å². The number of hydrogen-bond acceptors (Lipinski definition) is 18. The second-order valence-corrected chi connectivity index (χ2v) is 24.4. The molecule has 4 rings (SSSR count). The van der Waals surface area contributed by atoms with Crippen molar-refractivity contribution in [1.29, 1.82) is 0 Å². The predicted molar refractivity (Wildman–Crippen MR) is 330 cm³/mol. The zero-order chi connectivity index (χ0) is 59.2. The third-order valence-corrected chi connectivity index (χ3v) is 16.1. The molecule has 0 aromatic rings. The molecule has 0 saturated carbocycles. The molecule has 4 atom stereocenters. The number of ether oxygens (including phenoxy) is 4. The second-order valence-electron chi connectivity index (χ2n) is 20.9. The molecular formula is C58H104N10O12P2. The molecule has 22 nitrogen and oxygen atoms in total. The molecule has 4 unspecified atom stereocenters. The van der Waals surface area contributed by atoms with Gasteiger partial charge in [0.1, 0.15) is 37.0 Å². The summed E-state index contributed by atoms with van der Waals surface area (Å²) >= 11 is 0. The van der Waals surface area contributed by atoms with Crippen LogP contribution < -0.4 is 10.6 Å². The van der Waals surface area contributed by atoms with Gasteiger partial charge in [-0.15, -0.1) is 0 Å². The van der Waals surface area contributed by atoms with Gasteiger partial charge in [-0.25, -0.2) is 29.6 Å². The van der Waals surface area contributed by atoms with Gasteiger partial charge < -0.3 is 47.6 Å². The molecule has 468 valence electrons. The maximum atomic E-state index is 12.5. The van der Waals surface area contributed by atoms with Gasteiger partial charge in [-0.05, 0) is 78.1 Å². The fourth-order valence-electron chi connectivity index (χ4n) is 9.31. The zero-order valence-electron chi connectivity index (χ0n) is 50.2. The first kappa shape index (κ1) is 72.1. The number of allylic oxidation sites excluding steroid dienone is 4. The Morgan fingerprint density at radius 3 is 1.22 bits per heavy atom. The van der Waals surface area contributed by atoms with Crippen LogP contribution in [0.1, 0.15) is 207 Å². The molecule has 0 bridgehead atoms. The van der Waals surface area contributed by atoms with Gasteiger partial charge in [0.25, 0.3) is 0 Å². The Balaban J connectivity index is 0.000000432. The Morgan fingerprint density at radius 2 is 0.854 bits per heavy atom. The van der Waals surface area contributed by atoms with Crippen molar-refractivity contribution < 1.29 is 56.5 Å². The minimum Gasteiger partial charge on any atom is -0.449 e. The Labute approximate surface area is 491 Å². The monoisotopic (exact) mass is 1190 g/mol. The van der Waals surface area contributed by atoms with Crippen molar-refractivity contribution in [3.63, 3.8) is 0 Å². The summed E-state index contributed by atoms with van der Waals surface area (Å²) in [6, 6.07) is -0.907. The molecule has 0 aromatic carbocycles. The van der Waals surface area contributed by atoms with Crippen molar-refractivity contribution in [2.45, 2.75) is 232 Å². The third-order valence-electron chi connectivity index (χ3n) is 13.8. The number of unbranched alkanes of at least 4 members (excludes halogenated alkanes) is 24. The van der Waals surface area contributed by atoms with Gasteiger partial charge in [0, 0.05) is 13.1 Å². The fraction of sp³-hybridized carbons (Fsp3) is 0.793. The summed E-state index contributed by atoms with van der Waals surface area (Å²) < 4.78 is 55.1. The van der Waals surface area contributed by atoms with Crippen LogP contribution in [0.3, 0.4) is 0 Å². The van der Waals surface area contributed by atoms with Gasteiger partial charge in [-0.1, -0.05) is 154 Å². The first-order chi connectivity index (χ1) is 39.9. The van der Waals surface area contributed by atoms with Crippen LogP contribution in [0.4, 0.5) is 9.59 Å². The first-order valence-electron chi connectivity index (χ1n) is 31.0. The van der Waals surface area contributed by atoms with E-state index in [2.05, 4.69) is 78.7 Å². The van der Waals surface area contributed by atoms with E-state index in [4.69, 9.17) is 37.8 Å². The maximum Gasteiger partial charge on any atom is 0.412 e. The van der Waals surface area contributed by atoms with Gasteiger partial charge >= 0.3 is 27.4 Å². The molecule has 2 amide bonds. The van der Waals surface area contributed by atoms with Gasteiger partial charge in [0.05, 0.1) is 52.3 Å². The molecule has 4 aliphatic heterocycles. The summed E-state index contributed by atoms with van der Waals surface area (Å²) in [5.74, 6) is 0.763. The Kier molecular flexibility index (Phi) is 40.6. The van der Waals surface area contributed by atoms with Crippen LogP contribution in [0.5, 0.6) is 0 Å². The molecular weight excluding hydrogens is 1090 g/mol. The molecule has 0 radical (unpaired) electrons. The molecule has 4 aliphatic rings. The van der Waals surface area contributed by atoms with E-state index < -0.39 is 52.0 Å². The number of amides is 2. The lowest BCUT2D eigenvalue weighted by Gasteiger charge is -2.27. The number of alkyl carbamates (subject to hydrolysis) is 2. The van der Waals surface area contributed by atoms with Gasteiger partial charge in [0.15, 0.2) is 24.4 Å². The van der Waals surface area contributed by atoms with E-state index in [1.807, 2.05) is 4.90 Å². The zero-order valence-corrected chi connectivity index (χ0v) is 52.0. The number of fused-ring (bicyclic) bond motifs is 2. The lowest BCUT2D eigenvalue weighted by Crippen LogP contribution is -2.48. The average Bonchev–Trinajstić information content (AvgIpc) is 4.14. The molecule has 0 saturated heterocycles. The van der Waals surface area contributed by atoms with E-state index in [1.165, 1.54) is 154 Å². The minimum atomic E-state index is -4.20. The van der Waals surface area contributed by atoms with Crippen LogP contribution in [-0.4, -0.2) is 159 Å². The summed E-state index contributed by atoms with van der Waals surface area (Å²) in [5.41, 5.74) is 0. The number of carbonyl (C=O) groups is 2. The lowest BCUT2D eigenvalue weighted by molar-refractivity contribution is 0.119. The highest BCUT2D eigenvalue weighted by atomic mass is 31.2. The van der Waals surface area contributed by atoms with Gasteiger partial charge in [0.2, 0.25) is 0 Å². The second kappa shape index (κ2) is 46.2. The van der Waals surface area contributed by atoms with Crippen molar-refractivity contribution in [2.24, 2.45) is 30.0 Å². The smallest absolute Gasteiger partial charge is 0.412 e. The average molecular weight is 1200 g/mol. The Hall–Kier alpha value is -4.14. The number of carbonyl (C=O) groups excluding carboxylic acids is 2. The van der Waals surface area contributed by atoms with E-state index >= 15 is 0 Å². The summed E-state index contributed by atoms with van der Waals surface area (Å²) in [4.78, 5) is 71.8. The highest BCUT2D eigenvalue weighted by Gasteiger charge is 2.38. The maximum absolute atomic E-state index is 12.5. The molecule has 0 aliphatic carbocycles. The predicted octanol–water partition coefficient (Wildman–Crippen LogP) is 12.9. The van der Waals surface area contributed by atoms with Gasteiger partial charge in [-0.3, -0.25) is 29.7 Å². The molecule has 0 spiro atoms. The SMILES string of the molecule is CCCCCCCC/C=C\CCCCCCCCOC(=O)NC1=NC=NC2C1N=CN2CCOCP(=O)(O)O.CCCCCCCC/C=C\CCCCCCCCOC(=O)NC1=NC=NC2C1N=CN2CCOCP(=O)(OCC)OCC. The van der Waals surface area contributed by atoms with Crippen LogP contribution in [0.25, 0.3) is 0 Å². The number of rotatable bonds is 46. The quantitative estimate of drug-likeness (QED) is 0.0251. The highest BCUT2D eigenvalue weighted by Crippen LogP contribution is 2.47. The number of nitrogens with zero attached hydrogens (tertiary/aromatic N) is 8. The normalized spacial score (nSPS) is 18.2. The van der Waals surface area contributed by atoms with Crippen LogP contribution in [0, 0.1) is 0 Å². The first-order valence-corrected chi connectivity index (χ1v) is 34.5. The fourth-order valence-corrected chi connectivity index (χ4v) is 11.0. The van der Waals surface area contributed by atoms with Gasteiger partial charge in [-0.2, -0.15) is 0 Å². The Morgan fingerprint density at radius 1 is 0.500 bits per heavy atom. The number of hydrogen-bond donors (Lipinski definition) is 4. The number of amidine groups is 2. The Bertz CT molecular complexity index is 2060. The van der Waals surface area contributed by atoms with Crippen molar-refractivity contribution in [1.82, 2.24) is 20.4 Å². The molecule has 24 heteroatoms. The molecule has 4 heterocycles. The summed E-state index contributed by atoms with van der Waals surface area (Å²) in [7, 11) is -7.45. The van der Waals surface area contributed by atoms with Crippen LogP contribution in [-0.2, 0) is 37.1 Å². The van der Waals surface area contributed by atoms with Crippen LogP contribution in [0.2, 0.25) is 0 Å². The summed E-state index contributed by atoms with van der Waals surface area (Å²) in [6.07, 6.45) is 47.3. The molecule has 4 N–H and O–H groups in total. The lowest BCUT2D eigenvalue weighted by atomic mass is 10.1. The summed E-state index contributed by atoms with van der Waals surface area (Å²) in [5, 5.41) is 5.40. The van der Waals surface area contributed by atoms with Crippen molar-refractivity contribution in [2.75, 3.05) is 65.4 Å². The van der Waals surface area contributed by atoms with E-state index in [-0.39, 0.29) is 38.9 Å². The molecule has 82 heavy (non-hydrogen) atoms. The van der Waals surface area contributed by atoms with Crippen LogP contribution >= 0.6 is 15.2 Å².